The quantitative estimate of drug-likeness (QED) is 0.840. The number of carbonyl (C=O) groups excluding carboxylic acids is 2. The van der Waals surface area contributed by atoms with E-state index >= 15 is 0 Å². The number of hydrogen-bond acceptors (Lipinski definition) is 3. The molecule has 2 amide bonds. The van der Waals surface area contributed by atoms with Crippen molar-refractivity contribution in [2.45, 2.75) is 51.8 Å². The molecule has 0 bridgehead atoms. The molecular formula is C23H25FN2O3. The monoisotopic (exact) mass is 396 g/mol. The van der Waals surface area contributed by atoms with Gasteiger partial charge in [0.25, 0.3) is 5.91 Å². The summed E-state index contributed by atoms with van der Waals surface area (Å²) < 4.78 is 19.9. The average molecular weight is 396 g/mol. The highest BCUT2D eigenvalue weighted by Gasteiger charge is 2.29. The third-order valence-electron chi connectivity index (χ3n) is 5.70. The van der Waals surface area contributed by atoms with Gasteiger partial charge in [-0.1, -0.05) is 31.0 Å². The number of nitrogens with zero attached hydrogens (tertiary/aromatic N) is 1. The van der Waals surface area contributed by atoms with Gasteiger partial charge >= 0.3 is 0 Å². The van der Waals surface area contributed by atoms with Crippen LogP contribution in [0.2, 0.25) is 0 Å². The van der Waals surface area contributed by atoms with E-state index < -0.39 is 6.10 Å². The molecular weight excluding hydrogens is 371 g/mol. The molecule has 1 aliphatic heterocycles. The maximum atomic E-state index is 14.1. The fourth-order valence-electron chi connectivity index (χ4n) is 4.08. The zero-order chi connectivity index (χ0) is 20.4. The van der Waals surface area contributed by atoms with Crippen molar-refractivity contribution in [3.8, 4) is 5.75 Å². The summed E-state index contributed by atoms with van der Waals surface area (Å²) in [6.07, 6.45) is 3.40. The summed E-state index contributed by atoms with van der Waals surface area (Å²) in [6.45, 7) is 2.15. The van der Waals surface area contributed by atoms with Crippen LogP contribution in [0.15, 0.2) is 42.5 Å². The lowest BCUT2D eigenvalue weighted by Crippen LogP contribution is -2.37. The third kappa shape index (κ3) is 4.26. The molecule has 6 heteroatoms. The summed E-state index contributed by atoms with van der Waals surface area (Å²) in [7, 11) is 0. The first-order valence-corrected chi connectivity index (χ1v) is 10.1. The van der Waals surface area contributed by atoms with Crippen molar-refractivity contribution in [3.05, 3.63) is 59.4 Å². The van der Waals surface area contributed by atoms with E-state index in [0.717, 1.165) is 31.2 Å². The summed E-state index contributed by atoms with van der Waals surface area (Å²) in [5, 5.41) is 2.99. The van der Waals surface area contributed by atoms with Crippen LogP contribution in [0.5, 0.6) is 5.75 Å². The second kappa shape index (κ2) is 8.23. The van der Waals surface area contributed by atoms with Crippen LogP contribution in [0, 0.1) is 11.7 Å². The number of benzene rings is 2. The van der Waals surface area contributed by atoms with Crippen LogP contribution in [0.4, 0.5) is 10.1 Å². The van der Waals surface area contributed by atoms with E-state index in [-0.39, 0.29) is 30.1 Å². The maximum Gasteiger partial charge on any atom is 0.263 e. The van der Waals surface area contributed by atoms with Gasteiger partial charge in [-0.3, -0.25) is 9.59 Å². The number of hydrogen-bond donors (Lipinski definition) is 1. The summed E-state index contributed by atoms with van der Waals surface area (Å²) in [5.74, 6) is 0.200. The number of amides is 2. The summed E-state index contributed by atoms with van der Waals surface area (Å²) in [5.41, 5.74) is 1.95. The molecule has 0 radical (unpaired) electrons. The van der Waals surface area contributed by atoms with Crippen molar-refractivity contribution in [1.29, 1.82) is 0 Å². The Labute approximate surface area is 169 Å². The van der Waals surface area contributed by atoms with Gasteiger partial charge in [0.05, 0.1) is 0 Å². The second-order valence-electron chi connectivity index (χ2n) is 7.84. The molecule has 1 atom stereocenters. The van der Waals surface area contributed by atoms with Crippen LogP contribution in [-0.2, 0) is 22.7 Å². The van der Waals surface area contributed by atoms with E-state index in [4.69, 9.17) is 4.74 Å². The predicted molar refractivity (Wildman–Crippen MR) is 108 cm³/mol. The topological polar surface area (TPSA) is 58.6 Å². The van der Waals surface area contributed by atoms with Crippen LogP contribution in [0.3, 0.4) is 0 Å². The normalized spacial score (nSPS) is 19.4. The van der Waals surface area contributed by atoms with Gasteiger partial charge in [-0.05, 0) is 44.0 Å². The molecule has 1 saturated carbocycles. The standard InChI is InChI=1S/C23H25FN2O3/c1-15-23(28)26(13-17-8-4-5-9-20(17)24)14-18-12-19(10-11-21(18)29-15)25-22(27)16-6-2-3-7-16/h4-5,8-12,15-16H,2-3,6-7,13-14H2,1H3,(H,25,27). The second-order valence-corrected chi connectivity index (χ2v) is 7.84. The first-order valence-electron chi connectivity index (χ1n) is 10.1. The van der Waals surface area contributed by atoms with E-state index in [1.165, 1.54) is 6.07 Å². The minimum Gasteiger partial charge on any atom is -0.481 e. The predicted octanol–water partition coefficient (Wildman–Crippen LogP) is 4.26. The van der Waals surface area contributed by atoms with Gasteiger partial charge < -0.3 is 15.0 Å². The van der Waals surface area contributed by atoms with Crippen LogP contribution in [0.25, 0.3) is 0 Å². The Morgan fingerprint density at radius 3 is 2.72 bits per heavy atom. The molecule has 1 N–H and O–H groups in total. The van der Waals surface area contributed by atoms with Gasteiger partial charge in [0.15, 0.2) is 6.10 Å². The van der Waals surface area contributed by atoms with Crippen LogP contribution < -0.4 is 10.1 Å². The highest BCUT2D eigenvalue weighted by molar-refractivity contribution is 5.93. The van der Waals surface area contributed by atoms with Gasteiger partial charge in [0, 0.05) is 35.8 Å². The molecule has 2 aliphatic rings. The number of nitrogens with one attached hydrogen (secondary N) is 1. The largest absolute Gasteiger partial charge is 0.481 e. The Kier molecular flexibility index (Phi) is 5.51. The number of anilines is 1. The number of rotatable bonds is 4. The lowest BCUT2D eigenvalue weighted by Gasteiger charge is -2.22. The molecule has 0 aromatic heterocycles. The van der Waals surface area contributed by atoms with Gasteiger partial charge in [-0.25, -0.2) is 4.39 Å². The van der Waals surface area contributed by atoms with Crippen molar-refractivity contribution in [2.75, 3.05) is 5.32 Å². The minimum absolute atomic E-state index is 0.0460. The van der Waals surface area contributed by atoms with Crippen molar-refractivity contribution in [3.63, 3.8) is 0 Å². The molecule has 1 fully saturated rings. The number of fused-ring (bicyclic) bond motifs is 1. The molecule has 5 nitrogen and oxygen atoms in total. The Balaban J connectivity index is 1.56. The summed E-state index contributed by atoms with van der Waals surface area (Å²) in [6, 6.07) is 11.9. The lowest BCUT2D eigenvalue weighted by molar-refractivity contribution is -0.138. The van der Waals surface area contributed by atoms with Crippen molar-refractivity contribution in [1.82, 2.24) is 4.90 Å². The van der Waals surface area contributed by atoms with E-state index in [2.05, 4.69) is 5.32 Å². The highest BCUT2D eigenvalue weighted by atomic mass is 19.1. The third-order valence-corrected chi connectivity index (χ3v) is 5.70. The van der Waals surface area contributed by atoms with Crippen LogP contribution >= 0.6 is 0 Å². The Bertz CT molecular complexity index is 924. The maximum absolute atomic E-state index is 14.1. The fraction of sp³-hybridized carbons (Fsp3) is 0.391. The average Bonchev–Trinajstić information content (AvgIpc) is 3.22. The van der Waals surface area contributed by atoms with E-state index in [1.54, 1.807) is 42.2 Å². The summed E-state index contributed by atoms with van der Waals surface area (Å²) >= 11 is 0. The van der Waals surface area contributed by atoms with Crippen molar-refractivity contribution < 1.29 is 18.7 Å². The van der Waals surface area contributed by atoms with Crippen molar-refractivity contribution in [2.24, 2.45) is 5.92 Å². The molecule has 29 heavy (non-hydrogen) atoms. The highest BCUT2D eigenvalue weighted by Crippen LogP contribution is 2.31. The van der Waals surface area contributed by atoms with E-state index in [0.29, 0.717) is 23.5 Å². The zero-order valence-corrected chi connectivity index (χ0v) is 16.5. The van der Waals surface area contributed by atoms with Gasteiger partial charge in [-0.2, -0.15) is 0 Å². The van der Waals surface area contributed by atoms with Gasteiger partial charge in [0.2, 0.25) is 5.91 Å². The smallest absolute Gasteiger partial charge is 0.263 e. The van der Waals surface area contributed by atoms with Gasteiger partial charge in [-0.15, -0.1) is 0 Å². The molecule has 1 unspecified atom stereocenters. The molecule has 2 aromatic rings. The van der Waals surface area contributed by atoms with E-state index in [9.17, 15) is 14.0 Å². The SMILES string of the molecule is CC1Oc2ccc(NC(=O)C3CCCC3)cc2CN(Cc2ccccc2F)C1=O. The molecule has 1 heterocycles. The van der Waals surface area contributed by atoms with Gasteiger partial charge in [0.1, 0.15) is 11.6 Å². The minimum atomic E-state index is -0.665. The number of halogens is 1. The summed E-state index contributed by atoms with van der Waals surface area (Å²) in [4.78, 5) is 26.8. The first kappa shape index (κ1) is 19.4. The Hall–Kier alpha value is -2.89. The molecule has 2 aromatic carbocycles. The lowest BCUT2D eigenvalue weighted by atomic mass is 10.1. The Morgan fingerprint density at radius 2 is 1.97 bits per heavy atom. The molecule has 1 aliphatic carbocycles. The van der Waals surface area contributed by atoms with Crippen molar-refractivity contribution >= 4 is 17.5 Å². The molecule has 0 saturated heterocycles. The fourth-order valence-corrected chi connectivity index (χ4v) is 4.08. The number of carbonyl (C=O) groups is 2. The zero-order valence-electron chi connectivity index (χ0n) is 16.5. The molecule has 0 spiro atoms. The molecule has 152 valence electrons. The Morgan fingerprint density at radius 1 is 1.21 bits per heavy atom. The molecule has 4 rings (SSSR count). The van der Waals surface area contributed by atoms with Crippen LogP contribution in [-0.4, -0.2) is 22.8 Å². The van der Waals surface area contributed by atoms with E-state index in [1.807, 2.05) is 6.07 Å². The number of ether oxygens (including phenoxy) is 1. The first-order chi connectivity index (χ1) is 14.0. The van der Waals surface area contributed by atoms with Crippen LogP contribution in [0.1, 0.15) is 43.7 Å².